The first-order valence-electron chi connectivity index (χ1n) is 6.77. The Morgan fingerprint density at radius 3 is 2.50 bits per heavy atom. The van der Waals surface area contributed by atoms with Crippen LogP contribution < -0.4 is 5.73 Å². The Balaban J connectivity index is 2.42. The van der Waals surface area contributed by atoms with Crippen molar-refractivity contribution in [3.05, 3.63) is 35.9 Å². The van der Waals surface area contributed by atoms with E-state index in [0.717, 1.165) is 25.1 Å². The third kappa shape index (κ3) is 4.49. The summed E-state index contributed by atoms with van der Waals surface area (Å²) in [5.74, 6) is 0.214. The molecule has 0 aliphatic rings. The molecular weight excluding hydrogens is 224 g/mol. The first-order valence-corrected chi connectivity index (χ1v) is 6.77. The summed E-state index contributed by atoms with van der Waals surface area (Å²) in [5, 5.41) is 0. The second-order valence-corrected chi connectivity index (χ2v) is 4.53. The molecule has 0 saturated heterocycles. The van der Waals surface area contributed by atoms with Crippen LogP contribution in [0.4, 0.5) is 0 Å². The monoisotopic (exact) mass is 248 g/mol. The maximum Gasteiger partial charge on any atom is 0.222 e. The maximum absolute atomic E-state index is 12.0. The molecule has 0 spiro atoms. The molecule has 3 heteroatoms. The lowest BCUT2D eigenvalue weighted by molar-refractivity contribution is -0.131. The number of amides is 1. The van der Waals surface area contributed by atoms with E-state index in [2.05, 4.69) is 6.92 Å². The van der Waals surface area contributed by atoms with Crippen LogP contribution >= 0.6 is 0 Å². The molecule has 0 saturated carbocycles. The quantitative estimate of drug-likeness (QED) is 0.806. The molecule has 3 nitrogen and oxygen atoms in total. The third-order valence-corrected chi connectivity index (χ3v) is 3.12. The molecule has 0 aliphatic carbocycles. The molecular formula is C15H24N2O. The maximum atomic E-state index is 12.0. The van der Waals surface area contributed by atoms with Gasteiger partial charge in [0.05, 0.1) is 0 Å². The van der Waals surface area contributed by atoms with Gasteiger partial charge < -0.3 is 10.6 Å². The predicted molar refractivity (Wildman–Crippen MR) is 75.1 cm³/mol. The molecule has 18 heavy (non-hydrogen) atoms. The molecule has 1 unspecified atom stereocenters. The highest BCUT2D eigenvalue weighted by Crippen LogP contribution is 2.15. The number of nitrogens with two attached hydrogens (primary N) is 1. The summed E-state index contributed by atoms with van der Waals surface area (Å²) >= 11 is 0. The van der Waals surface area contributed by atoms with E-state index in [9.17, 15) is 4.79 Å². The molecule has 1 aromatic carbocycles. The number of carbonyl (C=O) groups is 1. The fourth-order valence-corrected chi connectivity index (χ4v) is 2.03. The van der Waals surface area contributed by atoms with Crippen molar-refractivity contribution in [1.82, 2.24) is 4.90 Å². The smallest absolute Gasteiger partial charge is 0.222 e. The van der Waals surface area contributed by atoms with Crippen molar-refractivity contribution in [2.45, 2.75) is 39.2 Å². The van der Waals surface area contributed by atoms with E-state index in [4.69, 9.17) is 5.73 Å². The van der Waals surface area contributed by atoms with Crippen LogP contribution in [0.3, 0.4) is 0 Å². The first-order chi connectivity index (χ1) is 8.69. The normalized spacial score (nSPS) is 12.2. The summed E-state index contributed by atoms with van der Waals surface area (Å²) in [6.07, 6.45) is 2.25. The van der Waals surface area contributed by atoms with Crippen molar-refractivity contribution in [1.29, 1.82) is 0 Å². The highest BCUT2D eigenvalue weighted by Gasteiger charge is 2.13. The Kier molecular flexibility index (Phi) is 6.44. The first kappa shape index (κ1) is 14.7. The fraction of sp³-hybridized carbons (Fsp3) is 0.533. The number of carbonyl (C=O) groups excluding carboxylic acids is 1. The molecule has 0 radical (unpaired) electrons. The molecule has 0 aliphatic heterocycles. The minimum atomic E-state index is -0.0458. The topological polar surface area (TPSA) is 46.3 Å². The largest absolute Gasteiger partial charge is 0.343 e. The van der Waals surface area contributed by atoms with Crippen LogP contribution in [0.2, 0.25) is 0 Å². The van der Waals surface area contributed by atoms with Gasteiger partial charge in [-0.2, -0.15) is 0 Å². The van der Waals surface area contributed by atoms with Gasteiger partial charge in [-0.3, -0.25) is 4.79 Å². The fourth-order valence-electron chi connectivity index (χ4n) is 2.03. The Labute approximate surface area is 110 Å². The highest BCUT2D eigenvalue weighted by atomic mass is 16.2. The molecule has 0 bridgehead atoms. The third-order valence-electron chi connectivity index (χ3n) is 3.12. The van der Waals surface area contributed by atoms with E-state index >= 15 is 0 Å². The summed E-state index contributed by atoms with van der Waals surface area (Å²) in [4.78, 5) is 13.9. The molecule has 2 N–H and O–H groups in total. The van der Waals surface area contributed by atoms with E-state index in [-0.39, 0.29) is 11.9 Å². The second kappa shape index (κ2) is 7.88. The van der Waals surface area contributed by atoms with Gasteiger partial charge in [0.1, 0.15) is 0 Å². The van der Waals surface area contributed by atoms with Crippen LogP contribution in [0.15, 0.2) is 30.3 Å². The van der Waals surface area contributed by atoms with E-state index in [0.29, 0.717) is 12.8 Å². The van der Waals surface area contributed by atoms with Gasteiger partial charge >= 0.3 is 0 Å². The molecule has 1 amide bonds. The van der Waals surface area contributed by atoms with Gasteiger partial charge in [-0.15, -0.1) is 0 Å². The molecule has 0 heterocycles. The van der Waals surface area contributed by atoms with Crippen molar-refractivity contribution in [2.75, 3.05) is 13.1 Å². The summed E-state index contributed by atoms with van der Waals surface area (Å²) in [5.41, 5.74) is 7.19. The average molecular weight is 248 g/mol. The van der Waals surface area contributed by atoms with Gasteiger partial charge in [0.2, 0.25) is 5.91 Å². The standard InChI is InChI=1S/C15H24N2O/c1-3-12-17(4-2)15(18)11-10-14(16)13-8-6-5-7-9-13/h5-9,14H,3-4,10-12,16H2,1-2H3. The average Bonchev–Trinajstić information content (AvgIpc) is 2.42. The lowest BCUT2D eigenvalue weighted by Gasteiger charge is -2.21. The number of benzene rings is 1. The molecule has 100 valence electrons. The summed E-state index contributed by atoms with van der Waals surface area (Å²) in [6.45, 7) is 5.74. The van der Waals surface area contributed by atoms with E-state index in [1.807, 2.05) is 42.2 Å². The molecule has 1 atom stereocenters. The van der Waals surface area contributed by atoms with Gasteiger partial charge in [0, 0.05) is 25.6 Å². The van der Waals surface area contributed by atoms with E-state index in [1.165, 1.54) is 0 Å². The number of hydrogen-bond donors (Lipinski definition) is 1. The molecule has 1 rings (SSSR count). The van der Waals surface area contributed by atoms with Crippen LogP contribution in [0, 0.1) is 0 Å². The molecule has 0 aromatic heterocycles. The minimum Gasteiger partial charge on any atom is -0.343 e. The van der Waals surface area contributed by atoms with Crippen molar-refractivity contribution in [2.24, 2.45) is 5.73 Å². The Morgan fingerprint density at radius 1 is 1.28 bits per heavy atom. The van der Waals surface area contributed by atoms with Crippen LogP contribution in [0.1, 0.15) is 44.7 Å². The second-order valence-electron chi connectivity index (χ2n) is 4.53. The highest BCUT2D eigenvalue weighted by molar-refractivity contribution is 5.76. The van der Waals surface area contributed by atoms with Crippen molar-refractivity contribution in [3.8, 4) is 0 Å². The van der Waals surface area contributed by atoms with Crippen LogP contribution in [0.5, 0.6) is 0 Å². The van der Waals surface area contributed by atoms with Crippen molar-refractivity contribution >= 4 is 5.91 Å². The summed E-state index contributed by atoms with van der Waals surface area (Å²) in [7, 11) is 0. The van der Waals surface area contributed by atoms with Crippen molar-refractivity contribution in [3.63, 3.8) is 0 Å². The molecule has 1 aromatic rings. The Morgan fingerprint density at radius 2 is 1.94 bits per heavy atom. The molecule has 0 fully saturated rings. The van der Waals surface area contributed by atoms with Crippen LogP contribution in [0.25, 0.3) is 0 Å². The number of hydrogen-bond acceptors (Lipinski definition) is 2. The predicted octanol–water partition coefficient (Wildman–Crippen LogP) is 2.73. The minimum absolute atomic E-state index is 0.0458. The van der Waals surface area contributed by atoms with Gasteiger partial charge in [-0.25, -0.2) is 0 Å². The van der Waals surface area contributed by atoms with Gasteiger partial charge in [0.25, 0.3) is 0 Å². The van der Waals surface area contributed by atoms with Gasteiger partial charge in [-0.05, 0) is 25.3 Å². The van der Waals surface area contributed by atoms with Gasteiger partial charge in [-0.1, -0.05) is 37.3 Å². The number of nitrogens with zero attached hydrogens (tertiary/aromatic N) is 1. The van der Waals surface area contributed by atoms with E-state index < -0.39 is 0 Å². The Hall–Kier alpha value is -1.35. The zero-order chi connectivity index (χ0) is 13.4. The van der Waals surface area contributed by atoms with Crippen LogP contribution in [-0.2, 0) is 4.79 Å². The SMILES string of the molecule is CCCN(CC)C(=O)CCC(N)c1ccccc1. The summed E-state index contributed by atoms with van der Waals surface area (Å²) in [6, 6.07) is 9.91. The number of rotatable bonds is 7. The van der Waals surface area contributed by atoms with Gasteiger partial charge in [0.15, 0.2) is 0 Å². The Bertz CT molecular complexity index is 351. The van der Waals surface area contributed by atoms with Crippen LogP contribution in [-0.4, -0.2) is 23.9 Å². The lowest BCUT2D eigenvalue weighted by Crippen LogP contribution is -2.31. The van der Waals surface area contributed by atoms with E-state index in [1.54, 1.807) is 0 Å². The van der Waals surface area contributed by atoms with Crippen molar-refractivity contribution < 1.29 is 4.79 Å². The zero-order valence-corrected chi connectivity index (χ0v) is 11.4. The zero-order valence-electron chi connectivity index (χ0n) is 11.4. The lowest BCUT2D eigenvalue weighted by atomic mass is 10.0. The summed E-state index contributed by atoms with van der Waals surface area (Å²) < 4.78 is 0.